The highest BCUT2D eigenvalue weighted by molar-refractivity contribution is 5.05. The van der Waals surface area contributed by atoms with Crippen LogP contribution in [0.15, 0.2) is 17.4 Å². The Morgan fingerprint density at radius 3 is 2.75 bits per heavy atom. The van der Waals surface area contributed by atoms with Crippen molar-refractivity contribution in [3.63, 3.8) is 0 Å². The van der Waals surface area contributed by atoms with Crippen LogP contribution in [0.5, 0.6) is 0 Å². The molecule has 0 saturated heterocycles. The molecular formula is C8H11N3O. The van der Waals surface area contributed by atoms with Crippen LogP contribution in [0, 0.1) is 13.8 Å². The molecule has 12 heavy (non-hydrogen) atoms. The third-order valence-corrected chi connectivity index (χ3v) is 1.76. The summed E-state index contributed by atoms with van der Waals surface area (Å²) in [6.45, 7) is 7.71. The van der Waals surface area contributed by atoms with E-state index in [1.807, 2.05) is 13.8 Å². The van der Waals surface area contributed by atoms with E-state index in [2.05, 4.69) is 16.8 Å². The van der Waals surface area contributed by atoms with Crippen molar-refractivity contribution in [1.82, 2.24) is 14.8 Å². The Morgan fingerprint density at radius 1 is 1.50 bits per heavy atom. The fraction of sp³-hybridized carbons (Fsp3) is 0.375. The smallest absolute Gasteiger partial charge is 0.290 e. The van der Waals surface area contributed by atoms with Gasteiger partial charge in [-0.2, -0.15) is 0 Å². The number of nitrogens with zero attached hydrogens (tertiary/aromatic N) is 3. The van der Waals surface area contributed by atoms with E-state index in [0.29, 0.717) is 6.54 Å². The number of hydrogen-bond donors (Lipinski definition) is 0. The van der Waals surface area contributed by atoms with E-state index < -0.39 is 0 Å². The van der Waals surface area contributed by atoms with Gasteiger partial charge in [-0.3, -0.25) is 4.57 Å². The predicted molar refractivity (Wildman–Crippen MR) is 46.0 cm³/mol. The van der Waals surface area contributed by atoms with E-state index in [4.69, 9.17) is 0 Å². The number of aryl methyl sites for hydroxylation is 1. The van der Waals surface area contributed by atoms with Crippen molar-refractivity contribution in [2.45, 2.75) is 20.4 Å². The highest BCUT2D eigenvalue weighted by Crippen LogP contribution is 1.97. The van der Waals surface area contributed by atoms with Gasteiger partial charge < -0.3 is 0 Å². The van der Waals surface area contributed by atoms with E-state index in [0.717, 1.165) is 11.4 Å². The van der Waals surface area contributed by atoms with Crippen molar-refractivity contribution in [3.05, 3.63) is 34.5 Å². The van der Waals surface area contributed by atoms with E-state index in [1.54, 1.807) is 6.08 Å². The first kappa shape index (κ1) is 8.64. The normalized spacial score (nSPS) is 9.83. The number of aromatic nitrogens is 3. The largest absolute Gasteiger partial charge is 0.366 e. The van der Waals surface area contributed by atoms with Crippen LogP contribution in [0.1, 0.15) is 11.4 Å². The molecule has 64 valence electrons. The van der Waals surface area contributed by atoms with Crippen LogP contribution in [0.4, 0.5) is 0 Å². The molecule has 1 rings (SSSR count). The summed E-state index contributed by atoms with van der Waals surface area (Å²) in [7, 11) is 0. The van der Waals surface area contributed by atoms with E-state index >= 15 is 0 Å². The Balaban J connectivity index is 3.32. The molecule has 0 aliphatic heterocycles. The van der Waals surface area contributed by atoms with Gasteiger partial charge in [-0.05, 0) is 13.8 Å². The SMILES string of the molecule is C=CCn1c(C)c(C)nnc1=O. The molecule has 0 unspecified atom stereocenters. The minimum absolute atomic E-state index is 0.321. The van der Waals surface area contributed by atoms with E-state index in [1.165, 1.54) is 4.57 Å². The second kappa shape index (κ2) is 3.30. The standard InChI is InChI=1S/C8H11N3O/c1-4-5-11-7(3)6(2)9-10-8(11)12/h4H,1,5H2,2-3H3. The molecule has 0 N–H and O–H groups in total. The Kier molecular flexibility index (Phi) is 2.38. The predicted octanol–water partition coefficient (Wildman–Crippen LogP) is 0.441. The Labute approximate surface area is 70.6 Å². The maximum atomic E-state index is 11.1. The number of hydrogen-bond acceptors (Lipinski definition) is 3. The molecule has 0 aromatic carbocycles. The molecular weight excluding hydrogens is 154 g/mol. The summed E-state index contributed by atoms with van der Waals surface area (Å²) in [4.78, 5) is 11.1. The minimum atomic E-state index is -0.321. The summed E-state index contributed by atoms with van der Waals surface area (Å²) in [6, 6.07) is 0. The van der Waals surface area contributed by atoms with Gasteiger partial charge in [-0.15, -0.1) is 11.7 Å². The van der Waals surface area contributed by atoms with Crippen LogP contribution in [0.2, 0.25) is 0 Å². The second-order valence-corrected chi connectivity index (χ2v) is 2.55. The van der Waals surface area contributed by atoms with Crippen LogP contribution < -0.4 is 5.69 Å². The summed E-state index contributed by atoms with van der Waals surface area (Å²) in [5, 5.41) is 7.17. The van der Waals surface area contributed by atoms with Crippen LogP contribution in [-0.2, 0) is 6.54 Å². The molecule has 0 aliphatic carbocycles. The Hall–Kier alpha value is -1.45. The molecule has 1 aromatic rings. The van der Waals surface area contributed by atoms with Crippen LogP contribution in [0.3, 0.4) is 0 Å². The van der Waals surface area contributed by atoms with E-state index in [9.17, 15) is 4.79 Å². The zero-order chi connectivity index (χ0) is 9.14. The molecule has 4 nitrogen and oxygen atoms in total. The summed E-state index contributed by atoms with van der Waals surface area (Å²) >= 11 is 0. The second-order valence-electron chi connectivity index (χ2n) is 2.55. The molecule has 0 fully saturated rings. The maximum absolute atomic E-state index is 11.1. The van der Waals surface area contributed by atoms with Crippen molar-refractivity contribution in [2.24, 2.45) is 0 Å². The zero-order valence-corrected chi connectivity index (χ0v) is 7.24. The quantitative estimate of drug-likeness (QED) is 0.597. The van der Waals surface area contributed by atoms with E-state index in [-0.39, 0.29) is 5.69 Å². The lowest BCUT2D eigenvalue weighted by Crippen LogP contribution is -2.26. The molecule has 0 radical (unpaired) electrons. The monoisotopic (exact) mass is 165 g/mol. The fourth-order valence-electron chi connectivity index (χ4n) is 0.927. The first-order chi connectivity index (χ1) is 5.66. The van der Waals surface area contributed by atoms with Crippen molar-refractivity contribution < 1.29 is 0 Å². The molecule has 0 bridgehead atoms. The Morgan fingerprint density at radius 2 is 2.17 bits per heavy atom. The highest BCUT2D eigenvalue weighted by Gasteiger charge is 2.02. The van der Waals surface area contributed by atoms with Gasteiger partial charge in [0.05, 0.1) is 5.69 Å². The van der Waals surface area contributed by atoms with Gasteiger partial charge in [0.15, 0.2) is 0 Å². The first-order valence-corrected chi connectivity index (χ1v) is 3.68. The minimum Gasteiger partial charge on any atom is -0.290 e. The van der Waals surface area contributed by atoms with Gasteiger partial charge >= 0.3 is 5.69 Å². The number of allylic oxidation sites excluding steroid dienone is 1. The topological polar surface area (TPSA) is 47.8 Å². The third-order valence-electron chi connectivity index (χ3n) is 1.76. The van der Waals surface area contributed by atoms with Crippen LogP contribution in [-0.4, -0.2) is 14.8 Å². The van der Waals surface area contributed by atoms with Crippen LogP contribution in [0.25, 0.3) is 0 Å². The molecule has 0 amide bonds. The molecule has 0 spiro atoms. The fourth-order valence-corrected chi connectivity index (χ4v) is 0.927. The van der Waals surface area contributed by atoms with Gasteiger partial charge in [0.2, 0.25) is 0 Å². The molecule has 1 aromatic heterocycles. The van der Waals surface area contributed by atoms with Gasteiger partial charge in [0.25, 0.3) is 0 Å². The molecule has 4 heteroatoms. The molecule has 0 atom stereocenters. The van der Waals surface area contributed by atoms with Crippen molar-refractivity contribution in [3.8, 4) is 0 Å². The number of rotatable bonds is 2. The summed E-state index contributed by atoms with van der Waals surface area (Å²) < 4.78 is 1.54. The van der Waals surface area contributed by atoms with Gasteiger partial charge in [0.1, 0.15) is 0 Å². The lowest BCUT2D eigenvalue weighted by molar-refractivity contribution is 0.667. The lowest BCUT2D eigenvalue weighted by Gasteiger charge is -2.06. The lowest BCUT2D eigenvalue weighted by atomic mass is 10.3. The Bertz CT molecular complexity index is 354. The first-order valence-electron chi connectivity index (χ1n) is 3.68. The summed E-state index contributed by atoms with van der Waals surface area (Å²) in [5.74, 6) is 0. The highest BCUT2D eigenvalue weighted by atomic mass is 16.1. The maximum Gasteiger partial charge on any atom is 0.366 e. The van der Waals surface area contributed by atoms with Gasteiger partial charge in [-0.1, -0.05) is 11.2 Å². The van der Waals surface area contributed by atoms with Crippen molar-refractivity contribution in [1.29, 1.82) is 0 Å². The van der Waals surface area contributed by atoms with Gasteiger partial charge in [-0.25, -0.2) is 4.79 Å². The van der Waals surface area contributed by atoms with Crippen LogP contribution >= 0.6 is 0 Å². The van der Waals surface area contributed by atoms with Crippen molar-refractivity contribution in [2.75, 3.05) is 0 Å². The molecule has 1 heterocycles. The van der Waals surface area contributed by atoms with Gasteiger partial charge in [0, 0.05) is 12.2 Å². The average molecular weight is 165 g/mol. The summed E-state index contributed by atoms with van der Waals surface area (Å²) in [5.41, 5.74) is 1.30. The molecule has 0 saturated carbocycles. The third kappa shape index (κ3) is 1.42. The zero-order valence-electron chi connectivity index (χ0n) is 7.24. The van der Waals surface area contributed by atoms with Crippen molar-refractivity contribution >= 4 is 0 Å². The molecule has 0 aliphatic rings. The summed E-state index contributed by atoms with van der Waals surface area (Å²) in [6.07, 6.45) is 1.66. The average Bonchev–Trinajstić information content (AvgIpc) is 2.06.